The van der Waals surface area contributed by atoms with Crippen LogP contribution in [-0.2, 0) is 14.4 Å². The van der Waals surface area contributed by atoms with Gasteiger partial charge in [0.25, 0.3) is 5.91 Å². The number of nitrogens with zero attached hydrogens (tertiary/aromatic N) is 3. The Bertz CT molecular complexity index is 1030. The van der Waals surface area contributed by atoms with Gasteiger partial charge in [0.2, 0.25) is 5.91 Å². The van der Waals surface area contributed by atoms with Crippen LogP contribution in [0, 0.1) is 0 Å². The number of methoxy groups -OCH3 is 1. The molecule has 1 aromatic carbocycles. The van der Waals surface area contributed by atoms with Crippen LogP contribution >= 0.6 is 35.3 Å². The Morgan fingerprint density at radius 3 is 2.63 bits per heavy atom. The number of anilines is 2. The van der Waals surface area contributed by atoms with Crippen molar-refractivity contribution in [3.8, 4) is 5.75 Å². The number of aromatic nitrogens is 1. The maximum Gasteiger partial charge on any atom is 0.305 e. The Labute approximate surface area is 186 Å². The largest absolute Gasteiger partial charge is 0.497 e. The molecule has 2 amide bonds. The van der Waals surface area contributed by atoms with Crippen molar-refractivity contribution in [3.63, 3.8) is 0 Å². The summed E-state index contributed by atoms with van der Waals surface area (Å²) in [6.07, 6.45) is 1.41. The molecule has 0 spiro atoms. The van der Waals surface area contributed by atoms with E-state index in [0.717, 1.165) is 11.8 Å². The van der Waals surface area contributed by atoms with E-state index in [4.69, 9.17) is 22.1 Å². The minimum Gasteiger partial charge on any atom is -0.497 e. The summed E-state index contributed by atoms with van der Waals surface area (Å²) >= 11 is 7.54. The molecule has 0 unspecified atom stereocenters. The van der Waals surface area contributed by atoms with Crippen molar-refractivity contribution < 1.29 is 24.2 Å². The summed E-state index contributed by atoms with van der Waals surface area (Å²) in [5.74, 6) is -0.882. The number of rotatable bonds is 7. The molecule has 1 fully saturated rings. The van der Waals surface area contributed by atoms with Crippen molar-refractivity contribution >= 4 is 74.3 Å². The second kappa shape index (κ2) is 9.37. The molecule has 0 aliphatic carbocycles. The van der Waals surface area contributed by atoms with Gasteiger partial charge in [0.15, 0.2) is 5.13 Å². The number of hydrogen-bond donors (Lipinski definition) is 1. The van der Waals surface area contributed by atoms with Gasteiger partial charge in [0.1, 0.15) is 10.1 Å². The first-order valence-electron chi connectivity index (χ1n) is 8.67. The molecule has 3 rings (SSSR count). The molecule has 1 aliphatic heterocycles. The minimum atomic E-state index is -1.000. The number of thiazole rings is 1. The zero-order valence-corrected chi connectivity index (χ0v) is 18.5. The zero-order chi connectivity index (χ0) is 21.8. The van der Waals surface area contributed by atoms with Gasteiger partial charge in [-0.05, 0) is 30.3 Å². The lowest BCUT2D eigenvalue weighted by atomic mass is 10.3. The molecule has 0 bridgehead atoms. The molecule has 1 aliphatic rings. The van der Waals surface area contributed by atoms with E-state index >= 15 is 0 Å². The molecule has 11 heteroatoms. The van der Waals surface area contributed by atoms with Gasteiger partial charge in [0, 0.05) is 18.8 Å². The summed E-state index contributed by atoms with van der Waals surface area (Å²) in [6, 6.07) is 7.02. The quantitative estimate of drug-likeness (QED) is 0.492. The number of carbonyl (C=O) groups excluding carboxylic acids is 2. The lowest BCUT2D eigenvalue weighted by Gasteiger charge is -2.18. The molecule has 8 nitrogen and oxygen atoms in total. The van der Waals surface area contributed by atoms with Gasteiger partial charge >= 0.3 is 5.97 Å². The Hall–Kier alpha value is -2.76. The molecular formula is C19H17N3O5S3. The Balaban J connectivity index is 1.82. The fourth-order valence-electron chi connectivity index (χ4n) is 2.64. The predicted octanol–water partition coefficient (Wildman–Crippen LogP) is 3.51. The minimum absolute atomic E-state index is 0.0231. The van der Waals surface area contributed by atoms with E-state index < -0.39 is 5.97 Å². The molecule has 30 heavy (non-hydrogen) atoms. The average Bonchev–Trinajstić information content (AvgIpc) is 3.25. The standard InChI is InChI=1S/C19H17N3O5S3/c1-11(23)22(13-3-5-14(27-2)6-4-13)18-20-12(10-29-18)9-15-17(26)21(19(28)30-15)8-7-16(24)25/h3-6,9-10H,7-8H2,1-2H3,(H,24,25)/b15-9-. The number of carbonyl (C=O) groups is 3. The van der Waals surface area contributed by atoms with Crippen LogP contribution < -0.4 is 9.64 Å². The van der Waals surface area contributed by atoms with Crippen LogP contribution in [0.4, 0.5) is 10.8 Å². The molecule has 156 valence electrons. The van der Waals surface area contributed by atoms with Gasteiger partial charge in [-0.15, -0.1) is 11.3 Å². The highest BCUT2D eigenvalue weighted by molar-refractivity contribution is 8.26. The number of aliphatic carboxylic acids is 1. The number of thioether (sulfide) groups is 1. The van der Waals surface area contributed by atoms with Gasteiger partial charge in [-0.2, -0.15) is 0 Å². The monoisotopic (exact) mass is 463 g/mol. The topological polar surface area (TPSA) is 100 Å². The van der Waals surface area contributed by atoms with Gasteiger partial charge in [-0.1, -0.05) is 24.0 Å². The van der Waals surface area contributed by atoms with Gasteiger partial charge in [-0.3, -0.25) is 24.2 Å². The molecule has 0 atom stereocenters. The Morgan fingerprint density at radius 1 is 1.33 bits per heavy atom. The number of carboxylic acid groups (broad SMARTS) is 1. The average molecular weight is 464 g/mol. The molecule has 2 aromatic rings. The highest BCUT2D eigenvalue weighted by Crippen LogP contribution is 2.35. The van der Waals surface area contributed by atoms with E-state index in [1.54, 1.807) is 42.8 Å². The number of hydrogen-bond acceptors (Lipinski definition) is 8. The molecular weight excluding hydrogens is 446 g/mol. The van der Waals surface area contributed by atoms with Crippen LogP contribution in [0.5, 0.6) is 5.75 Å². The zero-order valence-electron chi connectivity index (χ0n) is 16.0. The SMILES string of the molecule is COc1ccc(N(C(C)=O)c2nc(/C=C3\SC(=S)N(CCC(=O)O)C3=O)cs2)cc1. The first-order chi connectivity index (χ1) is 14.3. The van der Waals surface area contributed by atoms with E-state index in [0.29, 0.717) is 31.5 Å². The van der Waals surface area contributed by atoms with Crippen LogP contribution in [0.15, 0.2) is 34.6 Å². The molecule has 1 saturated heterocycles. The van der Waals surface area contributed by atoms with Crippen LogP contribution in [-0.4, -0.2) is 50.7 Å². The van der Waals surface area contributed by atoms with Crippen LogP contribution in [0.25, 0.3) is 6.08 Å². The fraction of sp³-hybridized carbons (Fsp3) is 0.211. The van der Waals surface area contributed by atoms with Crippen LogP contribution in [0.1, 0.15) is 19.0 Å². The maximum absolute atomic E-state index is 12.5. The third-order valence-electron chi connectivity index (χ3n) is 4.05. The summed E-state index contributed by atoms with van der Waals surface area (Å²) in [5, 5.41) is 11.0. The van der Waals surface area contributed by atoms with Crippen molar-refractivity contribution in [1.82, 2.24) is 9.88 Å². The highest BCUT2D eigenvalue weighted by Gasteiger charge is 2.32. The van der Waals surface area contributed by atoms with Crippen LogP contribution in [0.3, 0.4) is 0 Å². The van der Waals surface area contributed by atoms with Gasteiger partial charge < -0.3 is 9.84 Å². The lowest BCUT2D eigenvalue weighted by molar-refractivity contribution is -0.137. The first-order valence-corrected chi connectivity index (χ1v) is 10.8. The number of carboxylic acids is 1. The summed E-state index contributed by atoms with van der Waals surface area (Å²) in [6.45, 7) is 1.47. The smallest absolute Gasteiger partial charge is 0.305 e. The second-order valence-electron chi connectivity index (χ2n) is 6.08. The Kier molecular flexibility index (Phi) is 6.85. The van der Waals surface area contributed by atoms with Crippen LogP contribution in [0.2, 0.25) is 0 Å². The van der Waals surface area contributed by atoms with Gasteiger partial charge in [-0.25, -0.2) is 4.98 Å². The van der Waals surface area contributed by atoms with Crippen molar-refractivity contribution in [2.45, 2.75) is 13.3 Å². The first kappa shape index (κ1) is 21.9. The van der Waals surface area contributed by atoms with E-state index in [1.807, 2.05) is 0 Å². The summed E-state index contributed by atoms with van der Waals surface area (Å²) in [7, 11) is 1.56. The second-order valence-corrected chi connectivity index (χ2v) is 8.60. The molecule has 1 N–H and O–H groups in total. The summed E-state index contributed by atoms with van der Waals surface area (Å²) in [4.78, 5) is 43.1. The number of ether oxygens (including phenoxy) is 1. The molecule has 0 saturated carbocycles. The lowest BCUT2D eigenvalue weighted by Crippen LogP contribution is -2.30. The van der Waals surface area contributed by atoms with Crippen molar-refractivity contribution in [3.05, 3.63) is 40.2 Å². The van der Waals surface area contributed by atoms with E-state index in [9.17, 15) is 14.4 Å². The molecule has 1 aromatic heterocycles. The molecule has 0 radical (unpaired) electrons. The number of benzene rings is 1. The highest BCUT2D eigenvalue weighted by atomic mass is 32.2. The summed E-state index contributed by atoms with van der Waals surface area (Å²) in [5.41, 5.74) is 1.15. The fourth-order valence-corrected chi connectivity index (χ4v) is 4.78. The third-order valence-corrected chi connectivity index (χ3v) is 6.27. The van der Waals surface area contributed by atoms with E-state index in [-0.39, 0.29) is 24.8 Å². The van der Waals surface area contributed by atoms with Crippen molar-refractivity contribution in [2.75, 3.05) is 18.6 Å². The maximum atomic E-state index is 12.5. The third kappa shape index (κ3) is 4.86. The number of thiocarbonyl (C=S) groups is 1. The summed E-state index contributed by atoms with van der Waals surface area (Å²) < 4.78 is 5.46. The van der Waals surface area contributed by atoms with Gasteiger partial charge in [0.05, 0.1) is 29.8 Å². The van der Waals surface area contributed by atoms with E-state index in [1.165, 1.54) is 28.1 Å². The number of amides is 2. The predicted molar refractivity (Wildman–Crippen MR) is 120 cm³/mol. The molecule has 2 heterocycles. The van der Waals surface area contributed by atoms with Crippen molar-refractivity contribution in [2.24, 2.45) is 0 Å². The van der Waals surface area contributed by atoms with E-state index in [2.05, 4.69) is 4.98 Å². The van der Waals surface area contributed by atoms with Crippen molar-refractivity contribution in [1.29, 1.82) is 0 Å². The Morgan fingerprint density at radius 2 is 2.03 bits per heavy atom. The normalized spacial score (nSPS) is 15.0.